The van der Waals surface area contributed by atoms with Crippen LogP contribution in [0.1, 0.15) is 39.2 Å². The molecule has 1 aromatic rings. The minimum atomic E-state index is 0.314. The van der Waals surface area contributed by atoms with Gasteiger partial charge in [0.2, 0.25) is 0 Å². The van der Waals surface area contributed by atoms with Crippen molar-refractivity contribution in [1.82, 2.24) is 5.32 Å². The van der Waals surface area contributed by atoms with Crippen LogP contribution in [0.15, 0.2) is 16.8 Å². The molecule has 1 fully saturated rings. The fraction of sp³-hybridized carbons (Fsp3) is 0.692. The van der Waals surface area contributed by atoms with E-state index in [1.165, 1.54) is 31.4 Å². The lowest BCUT2D eigenvalue weighted by atomic mass is 9.69. The Kier molecular flexibility index (Phi) is 2.91. The van der Waals surface area contributed by atoms with Gasteiger partial charge in [0.05, 0.1) is 0 Å². The van der Waals surface area contributed by atoms with Crippen molar-refractivity contribution in [1.29, 1.82) is 0 Å². The molecule has 0 spiro atoms. The summed E-state index contributed by atoms with van der Waals surface area (Å²) in [5.74, 6) is 0. The van der Waals surface area contributed by atoms with E-state index >= 15 is 0 Å². The Hall–Kier alpha value is -0.340. The molecule has 2 rings (SSSR count). The average Bonchev–Trinajstić information content (AvgIpc) is 2.74. The van der Waals surface area contributed by atoms with E-state index in [1.807, 2.05) is 0 Å². The van der Waals surface area contributed by atoms with E-state index in [9.17, 15) is 0 Å². The summed E-state index contributed by atoms with van der Waals surface area (Å²) < 4.78 is 0. The maximum Gasteiger partial charge on any atom is 0.0270 e. The molecule has 2 heterocycles. The zero-order valence-electron chi connectivity index (χ0n) is 9.97. The van der Waals surface area contributed by atoms with Gasteiger partial charge in [0.25, 0.3) is 0 Å². The fourth-order valence-electron chi connectivity index (χ4n) is 2.60. The highest BCUT2D eigenvalue weighted by molar-refractivity contribution is 7.07. The summed E-state index contributed by atoms with van der Waals surface area (Å²) in [7, 11) is 0. The summed E-state index contributed by atoms with van der Waals surface area (Å²) >= 11 is 1.80. The average molecular weight is 223 g/mol. The Morgan fingerprint density at radius 1 is 1.47 bits per heavy atom. The summed E-state index contributed by atoms with van der Waals surface area (Å²) in [6, 6.07) is 2.26. The fourth-order valence-corrected chi connectivity index (χ4v) is 3.27. The highest BCUT2D eigenvalue weighted by atomic mass is 32.1. The van der Waals surface area contributed by atoms with Gasteiger partial charge in [-0.3, -0.25) is 0 Å². The maximum atomic E-state index is 3.75. The summed E-state index contributed by atoms with van der Waals surface area (Å²) in [5.41, 5.74) is 2.14. The molecule has 0 amide bonds. The molecule has 1 atom stereocenters. The first-order valence-corrected chi connectivity index (χ1v) is 6.74. The Balaban J connectivity index is 2.20. The van der Waals surface area contributed by atoms with Crippen molar-refractivity contribution in [3.63, 3.8) is 0 Å². The molecule has 0 saturated carbocycles. The highest BCUT2D eigenvalue weighted by Gasteiger charge is 2.43. The lowest BCUT2D eigenvalue weighted by Crippen LogP contribution is -2.52. The van der Waals surface area contributed by atoms with Gasteiger partial charge in [-0.2, -0.15) is 11.3 Å². The number of nitrogens with one attached hydrogen (secondary N) is 1. The second-order valence-electron chi connectivity index (χ2n) is 5.67. The largest absolute Gasteiger partial charge is 0.310 e. The van der Waals surface area contributed by atoms with Crippen LogP contribution >= 0.6 is 11.3 Å². The molecule has 1 saturated heterocycles. The van der Waals surface area contributed by atoms with Gasteiger partial charge in [0, 0.05) is 5.54 Å². The predicted molar refractivity (Wildman–Crippen MR) is 67.4 cm³/mol. The van der Waals surface area contributed by atoms with E-state index in [0.717, 1.165) is 0 Å². The Morgan fingerprint density at radius 3 is 2.73 bits per heavy atom. The summed E-state index contributed by atoms with van der Waals surface area (Å²) in [4.78, 5) is 0. The zero-order valence-corrected chi connectivity index (χ0v) is 10.8. The van der Waals surface area contributed by atoms with Crippen molar-refractivity contribution in [2.75, 3.05) is 6.54 Å². The molecule has 1 aliphatic rings. The van der Waals surface area contributed by atoms with Gasteiger partial charge in [0.15, 0.2) is 0 Å². The molecule has 1 unspecified atom stereocenters. The highest BCUT2D eigenvalue weighted by Crippen LogP contribution is 2.40. The summed E-state index contributed by atoms with van der Waals surface area (Å²) in [6.45, 7) is 8.26. The van der Waals surface area contributed by atoms with Crippen molar-refractivity contribution in [2.45, 2.75) is 45.6 Å². The maximum absolute atomic E-state index is 3.75. The van der Waals surface area contributed by atoms with Crippen LogP contribution < -0.4 is 5.32 Å². The standard InChI is InChI=1S/C13H21NS/c1-12(2,3)13(6-4-7-14-13)9-11-5-8-15-10-11/h5,8,10,14H,4,6-7,9H2,1-3H3. The first-order valence-electron chi connectivity index (χ1n) is 5.80. The van der Waals surface area contributed by atoms with Crippen LogP contribution in [-0.2, 0) is 6.42 Å². The topological polar surface area (TPSA) is 12.0 Å². The molecular weight excluding hydrogens is 202 g/mol. The normalized spacial score (nSPS) is 27.1. The van der Waals surface area contributed by atoms with Gasteiger partial charge in [0.1, 0.15) is 0 Å². The first-order chi connectivity index (χ1) is 7.04. The van der Waals surface area contributed by atoms with E-state index < -0.39 is 0 Å². The molecule has 1 N–H and O–H groups in total. The van der Waals surface area contributed by atoms with Gasteiger partial charge in [-0.1, -0.05) is 20.8 Å². The van der Waals surface area contributed by atoms with Gasteiger partial charge in [-0.15, -0.1) is 0 Å². The summed E-state index contributed by atoms with van der Waals surface area (Å²) in [5, 5.41) is 8.22. The zero-order chi connectivity index (χ0) is 10.9. The Labute approximate surface area is 96.9 Å². The van der Waals surface area contributed by atoms with Crippen molar-refractivity contribution >= 4 is 11.3 Å². The van der Waals surface area contributed by atoms with Gasteiger partial charge >= 0.3 is 0 Å². The van der Waals surface area contributed by atoms with Gasteiger partial charge < -0.3 is 5.32 Å². The molecule has 0 radical (unpaired) electrons. The molecule has 1 nitrogen and oxygen atoms in total. The Bertz CT molecular complexity index is 302. The van der Waals surface area contributed by atoms with Crippen LogP contribution in [0.2, 0.25) is 0 Å². The number of hydrogen-bond donors (Lipinski definition) is 1. The molecule has 1 aliphatic heterocycles. The molecule has 0 aliphatic carbocycles. The van der Waals surface area contributed by atoms with Crippen LogP contribution in [0.25, 0.3) is 0 Å². The van der Waals surface area contributed by atoms with Crippen LogP contribution in [0.3, 0.4) is 0 Å². The third-order valence-electron chi connectivity index (χ3n) is 3.77. The van der Waals surface area contributed by atoms with Crippen molar-refractivity contribution in [3.8, 4) is 0 Å². The van der Waals surface area contributed by atoms with Crippen LogP contribution in [0, 0.1) is 5.41 Å². The van der Waals surface area contributed by atoms with Crippen molar-refractivity contribution in [2.24, 2.45) is 5.41 Å². The third kappa shape index (κ3) is 2.11. The minimum absolute atomic E-state index is 0.314. The van der Waals surface area contributed by atoms with Crippen molar-refractivity contribution < 1.29 is 0 Å². The second kappa shape index (κ2) is 3.91. The molecule has 15 heavy (non-hydrogen) atoms. The predicted octanol–water partition coefficient (Wildman–Crippen LogP) is 3.46. The quantitative estimate of drug-likeness (QED) is 0.809. The molecule has 0 aromatic carbocycles. The SMILES string of the molecule is CC(C)(C)C1(Cc2ccsc2)CCCN1. The van der Waals surface area contributed by atoms with E-state index in [2.05, 4.69) is 42.9 Å². The number of rotatable bonds is 2. The molecule has 0 bridgehead atoms. The van der Waals surface area contributed by atoms with E-state index in [-0.39, 0.29) is 0 Å². The lowest BCUT2D eigenvalue weighted by molar-refractivity contribution is 0.159. The van der Waals surface area contributed by atoms with Crippen LogP contribution in [0.4, 0.5) is 0 Å². The van der Waals surface area contributed by atoms with Crippen LogP contribution in [0.5, 0.6) is 0 Å². The van der Waals surface area contributed by atoms with Crippen molar-refractivity contribution in [3.05, 3.63) is 22.4 Å². The monoisotopic (exact) mass is 223 g/mol. The van der Waals surface area contributed by atoms with Crippen LogP contribution in [-0.4, -0.2) is 12.1 Å². The van der Waals surface area contributed by atoms with E-state index in [4.69, 9.17) is 0 Å². The van der Waals surface area contributed by atoms with Gasteiger partial charge in [-0.05, 0) is 53.6 Å². The number of thiophene rings is 1. The third-order valence-corrected chi connectivity index (χ3v) is 4.50. The second-order valence-corrected chi connectivity index (χ2v) is 6.45. The molecular formula is C13H21NS. The number of hydrogen-bond acceptors (Lipinski definition) is 2. The molecule has 2 heteroatoms. The Morgan fingerprint density at radius 2 is 2.27 bits per heavy atom. The molecule has 1 aromatic heterocycles. The molecule has 84 valence electrons. The van der Waals surface area contributed by atoms with E-state index in [0.29, 0.717) is 11.0 Å². The summed E-state index contributed by atoms with van der Waals surface area (Å²) in [6.07, 6.45) is 3.81. The van der Waals surface area contributed by atoms with E-state index in [1.54, 1.807) is 11.3 Å². The minimum Gasteiger partial charge on any atom is -0.310 e. The smallest absolute Gasteiger partial charge is 0.0270 e. The lowest BCUT2D eigenvalue weighted by Gasteiger charge is -2.42. The first kappa shape index (κ1) is 11.2. The van der Waals surface area contributed by atoms with Gasteiger partial charge in [-0.25, -0.2) is 0 Å².